The molecule has 2 aromatic rings. The number of aromatic nitrogens is 2. The van der Waals surface area contributed by atoms with Gasteiger partial charge in [-0.25, -0.2) is 0 Å². The molecule has 0 aliphatic heterocycles. The van der Waals surface area contributed by atoms with Crippen LogP contribution in [0, 0.1) is 6.92 Å². The van der Waals surface area contributed by atoms with Crippen LogP contribution in [0.25, 0.3) is 11.5 Å². The molecule has 3 nitrogen and oxygen atoms in total. The summed E-state index contributed by atoms with van der Waals surface area (Å²) >= 11 is 0. The van der Waals surface area contributed by atoms with Gasteiger partial charge in [-0.05, 0) is 24.6 Å². The fraction of sp³-hybridized carbons (Fsp3) is 0.125. The van der Waals surface area contributed by atoms with Gasteiger partial charge < -0.3 is 4.42 Å². The number of nitrogens with zero attached hydrogens (tertiary/aromatic N) is 1. The number of hydrogen-bond acceptors (Lipinski definition) is 2. The third-order valence-electron chi connectivity index (χ3n) is 1.60. The van der Waals surface area contributed by atoms with Crippen molar-refractivity contribution < 1.29 is 4.42 Å². The van der Waals surface area contributed by atoms with Crippen LogP contribution < -0.4 is 0 Å². The van der Waals surface area contributed by atoms with Crippen molar-refractivity contribution in [2.24, 2.45) is 0 Å². The van der Waals surface area contributed by atoms with Crippen LogP contribution in [0.15, 0.2) is 29.0 Å². The molecule has 0 amide bonds. The molecule has 0 aromatic carbocycles. The molecule has 0 radical (unpaired) electrons. The first kappa shape index (κ1) is 6.22. The maximum Gasteiger partial charge on any atom is 0.151 e. The van der Waals surface area contributed by atoms with Gasteiger partial charge in [0.05, 0.1) is 12.5 Å². The number of rotatable bonds is 1. The summed E-state index contributed by atoms with van der Waals surface area (Å²) in [6.07, 6.45) is 3.42. The third-order valence-corrected chi connectivity index (χ3v) is 1.60. The van der Waals surface area contributed by atoms with Crippen molar-refractivity contribution in [2.75, 3.05) is 0 Å². The minimum atomic E-state index is 0.833. The first-order valence-electron chi connectivity index (χ1n) is 3.42. The van der Waals surface area contributed by atoms with Gasteiger partial charge in [0.25, 0.3) is 0 Å². The molecule has 0 saturated carbocycles. The van der Waals surface area contributed by atoms with Gasteiger partial charge in [0.1, 0.15) is 5.69 Å². The largest absolute Gasteiger partial charge is 0.463 e. The van der Waals surface area contributed by atoms with Crippen molar-refractivity contribution in [1.82, 2.24) is 10.2 Å². The highest BCUT2D eigenvalue weighted by Gasteiger charge is 2.04. The highest BCUT2D eigenvalue weighted by atomic mass is 16.3. The van der Waals surface area contributed by atoms with Gasteiger partial charge in [-0.3, -0.25) is 5.10 Å². The zero-order valence-corrected chi connectivity index (χ0v) is 6.16. The fourth-order valence-corrected chi connectivity index (χ4v) is 1.02. The predicted molar refractivity (Wildman–Crippen MR) is 41.0 cm³/mol. The third kappa shape index (κ3) is 0.941. The molecule has 2 rings (SSSR count). The van der Waals surface area contributed by atoms with Crippen LogP contribution in [0.1, 0.15) is 5.56 Å². The zero-order valence-electron chi connectivity index (χ0n) is 6.16. The average molecular weight is 148 g/mol. The van der Waals surface area contributed by atoms with Crippen LogP contribution in [0.2, 0.25) is 0 Å². The molecule has 0 aliphatic rings. The molecule has 1 N–H and O–H groups in total. The molecule has 0 spiro atoms. The van der Waals surface area contributed by atoms with Gasteiger partial charge >= 0.3 is 0 Å². The number of aromatic amines is 1. The minimum Gasteiger partial charge on any atom is -0.463 e. The van der Waals surface area contributed by atoms with Crippen LogP contribution in [0.4, 0.5) is 0 Å². The Hall–Kier alpha value is -1.51. The van der Waals surface area contributed by atoms with Crippen LogP contribution in [-0.4, -0.2) is 10.2 Å². The summed E-state index contributed by atoms with van der Waals surface area (Å²) < 4.78 is 5.19. The van der Waals surface area contributed by atoms with E-state index in [4.69, 9.17) is 4.42 Å². The number of hydrogen-bond donors (Lipinski definition) is 1. The van der Waals surface area contributed by atoms with E-state index < -0.39 is 0 Å². The van der Waals surface area contributed by atoms with E-state index >= 15 is 0 Å². The molecule has 56 valence electrons. The summed E-state index contributed by atoms with van der Waals surface area (Å²) in [5, 5.41) is 6.76. The number of H-pyrrole nitrogens is 1. The molecule has 3 heteroatoms. The molecule has 0 saturated heterocycles. The molecular weight excluding hydrogens is 140 g/mol. The van der Waals surface area contributed by atoms with Crippen molar-refractivity contribution in [3.63, 3.8) is 0 Å². The Labute approximate surface area is 64.0 Å². The van der Waals surface area contributed by atoms with Crippen LogP contribution in [0.5, 0.6) is 0 Å². The van der Waals surface area contributed by atoms with E-state index in [2.05, 4.69) is 10.2 Å². The maximum atomic E-state index is 5.19. The van der Waals surface area contributed by atoms with Gasteiger partial charge in [-0.15, -0.1) is 0 Å². The summed E-state index contributed by atoms with van der Waals surface area (Å²) in [5.74, 6) is 0.833. The Balaban J connectivity index is 2.53. The van der Waals surface area contributed by atoms with E-state index in [0.29, 0.717) is 0 Å². The SMILES string of the molecule is Cc1cn[nH]c1-c1ccco1. The van der Waals surface area contributed by atoms with Gasteiger partial charge in [-0.2, -0.15) is 5.10 Å². The Morgan fingerprint density at radius 3 is 3.00 bits per heavy atom. The summed E-state index contributed by atoms with van der Waals surface area (Å²) in [7, 11) is 0. The van der Waals surface area contributed by atoms with Crippen LogP contribution >= 0.6 is 0 Å². The zero-order chi connectivity index (χ0) is 7.68. The van der Waals surface area contributed by atoms with Crippen molar-refractivity contribution in [3.05, 3.63) is 30.2 Å². The molecular formula is C8H8N2O. The standard InChI is InChI=1S/C8H8N2O/c1-6-5-9-10-8(6)7-3-2-4-11-7/h2-5H,1H3,(H,9,10). The number of nitrogens with one attached hydrogen (secondary N) is 1. The van der Waals surface area contributed by atoms with Crippen molar-refractivity contribution in [3.8, 4) is 11.5 Å². The van der Waals surface area contributed by atoms with E-state index in [1.54, 1.807) is 12.5 Å². The van der Waals surface area contributed by atoms with Crippen molar-refractivity contribution in [1.29, 1.82) is 0 Å². The maximum absolute atomic E-state index is 5.19. The Morgan fingerprint density at radius 1 is 1.55 bits per heavy atom. The van der Waals surface area contributed by atoms with Crippen LogP contribution in [0.3, 0.4) is 0 Å². The monoisotopic (exact) mass is 148 g/mol. The second kappa shape index (κ2) is 2.27. The van der Waals surface area contributed by atoms with Crippen molar-refractivity contribution >= 4 is 0 Å². The molecule has 0 unspecified atom stereocenters. The number of furan rings is 1. The second-order valence-electron chi connectivity index (χ2n) is 2.41. The van der Waals surface area contributed by atoms with Crippen molar-refractivity contribution in [2.45, 2.75) is 6.92 Å². The molecule has 2 heterocycles. The van der Waals surface area contributed by atoms with Gasteiger partial charge in [0.15, 0.2) is 5.76 Å². The minimum absolute atomic E-state index is 0.833. The first-order chi connectivity index (χ1) is 5.38. The Bertz CT molecular complexity index is 335. The van der Waals surface area contributed by atoms with Gasteiger partial charge in [0, 0.05) is 0 Å². The molecule has 11 heavy (non-hydrogen) atoms. The molecule has 2 aromatic heterocycles. The lowest BCUT2D eigenvalue weighted by molar-refractivity contribution is 0.579. The van der Waals surface area contributed by atoms with Gasteiger partial charge in [-0.1, -0.05) is 0 Å². The second-order valence-corrected chi connectivity index (χ2v) is 2.41. The smallest absolute Gasteiger partial charge is 0.151 e. The molecule has 0 fully saturated rings. The van der Waals surface area contributed by atoms with E-state index in [-0.39, 0.29) is 0 Å². The fourth-order valence-electron chi connectivity index (χ4n) is 1.02. The highest BCUT2D eigenvalue weighted by Crippen LogP contribution is 2.19. The van der Waals surface area contributed by atoms with Gasteiger partial charge in [0.2, 0.25) is 0 Å². The Kier molecular flexibility index (Phi) is 1.28. The normalized spacial score (nSPS) is 10.3. The average Bonchev–Trinajstić information content (AvgIpc) is 2.55. The number of aryl methyl sites for hydroxylation is 1. The summed E-state index contributed by atoms with van der Waals surface area (Å²) in [6.45, 7) is 1.99. The Morgan fingerprint density at radius 2 is 2.45 bits per heavy atom. The quantitative estimate of drug-likeness (QED) is 0.671. The molecule has 0 bridgehead atoms. The lowest BCUT2D eigenvalue weighted by atomic mass is 10.2. The van der Waals surface area contributed by atoms with Crippen LogP contribution in [-0.2, 0) is 0 Å². The van der Waals surface area contributed by atoms with E-state index in [0.717, 1.165) is 17.0 Å². The summed E-state index contributed by atoms with van der Waals surface area (Å²) in [4.78, 5) is 0. The predicted octanol–water partition coefficient (Wildman–Crippen LogP) is 1.98. The molecule has 0 aliphatic carbocycles. The lowest BCUT2D eigenvalue weighted by Gasteiger charge is -1.90. The first-order valence-corrected chi connectivity index (χ1v) is 3.42. The summed E-state index contributed by atoms with van der Waals surface area (Å²) in [6, 6.07) is 3.76. The van der Waals surface area contributed by atoms with E-state index in [9.17, 15) is 0 Å². The summed E-state index contributed by atoms with van der Waals surface area (Å²) in [5.41, 5.74) is 2.05. The topological polar surface area (TPSA) is 41.8 Å². The highest BCUT2D eigenvalue weighted by molar-refractivity contribution is 5.55. The van der Waals surface area contributed by atoms with E-state index in [1.807, 2.05) is 19.1 Å². The lowest BCUT2D eigenvalue weighted by Crippen LogP contribution is -1.75. The molecule has 0 atom stereocenters. The van der Waals surface area contributed by atoms with E-state index in [1.165, 1.54) is 0 Å².